The van der Waals surface area contributed by atoms with Crippen LogP contribution >= 0.6 is 0 Å². The minimum absolute atomic E-state index is 0.00231. The van der Waals surface area contributed by atoms with Crippen molar-refractivity contribution in [3.63, 3.8) is 0 Å². The summed E-state index contributed by atoms with van der Waals surface area (Å²) in [6, 6.07) is -0.00231. The Labute approximate surface area is 48.0 Å². The van der Waals surface area contributed by atoms with Gasteiger partial charge in [-0.2, -0.15) is 0 Å². The Hall–Kier alpha value is -0.380. The quantitative estimate of drug-likeness (QED) is 0.352. The second kappa shape index (κ2) is 2.81. The van der Waals surface area contributed by atoms with Crippen molar-refractivity contribution in [3.8, 4) is 0 Å². The smallest absolute Gasteiger partial charge is 0.101 e. The monoisotopic (exact) mass is 115 g/mol. The summed E-state index contributed by atoms with van der Waals surface area (Å²) in [7, 11) is 0. The average molecular weight is 115 g/mol. The van der Waals surface area contributed by atoms with Crippen LogP contribution in [-0.2, 0) is 9.78 Å². The highest BCUT2D eigenvalue weighted by Gasteiger charge is 1.99. The molecule has 1 aliphatic rings. The highest BCUT2D eigenvalue weighted by atomic mass is 17.2. The van der Waals surface area contributed by atoms with Gasteiger partial charge in [-0.15, -0.1) is 0 Å². The Kier molecular flexibility index (Phi) is 2.02. The van der Waals surface area contributed by atoms with Gasteiger partial charge in [0.1, 0.15) is 13.2 Å². The molecular weight excluding hydrogens is 106 g/mol. The maximum Gasteiger partial charge on any atom is 0.101 e. The van der Waals surface area contributed by atoms with E-state index in [1.54, 1.807) is 0 Å². The van der Waals surface area contributed by atoms with Gasteiger partial charge in [-0.25, -0.2) is 9.78 Å². The van der Waals surface area contributed by atoms with Crippen molar-refractivity contribution in [3.05, 3.63) is 12.2 Å². The number of nitrogens with two attached hydrogens (primary N) is 1. The summed E-state index contributed by atoms with van der Waals surface area (Å²) < 4.78 is 0. The van der Waals surface area contributed by atoms with Crippen molar-refractivity contribution >= 4 is 0 Å². The van der Waals surface area contributed by atoms with Crippen molar-refractivity contribution in [2.45, 2.75) is 6.04 Å². The maximum absolute atomic E-state index is 5.44. The van der Waals surface area contributed by atoms with Crippen molar-refractivity contribution in [2.75, 3.05) is 13.2 Å². The Morgan fingerprint density at radius 1 is 1.50 bits per heavy atom. The first-order valence-corrected chi connectivity index (χ1v) is 2.56. The average Bonchev–Trinajstić information content (AvgIpc) is 1.94. The second-order valence-electron chi connectivity index (χ2n) is 1.66. The molecule has 0 saturated heterocycles. The van der Waals surface area contributed by atoms with Gasteiger partial charge in [0.2, 0.25) is 0 Å². The standard InChI is InChI=1S/C5H9NO2/c6-5-2-1-3-7-8-4-5/h1-2,5H,3-4,6H2. The van der Waals surface area contributed by atoms with E-state index in [2.05, 4.69) is 9.78 Å². The molecule has 0 fully saturated rings. The van der Waals surface area contributed by atoms with Gasteiger partial charge in [-0.1, -0.05) is 12.2 Å². The normalized spacial score (nSPS) is 29.9. The highest BCUT2D eigenvalue weighted by Crippen LogP contribution is 1.91. The van der Waals surface area contributed by atoms with Crippen molar-refractivity contribution < 1.29 is 9.78 Å². The fraction of sp³-hybridized carbons (Fsp3) is 0.600. The Morgan fingerprint density at radius 3 is 3.25 bits per heavy atom. The summed E-state index contributed by atoms with van der Waals surface area (Å²) in [4.78, 5) is 9.22. The fourth-order valence-electron chi connectivity index (χ4n) is 0.500. The highest BCUT2D eigenvalue weighted by molar-refractivity contribution is 4.91. The molecule has 0 aliphatic carbocycles. The van der Waals surface area contributed by atoms with Crippen LogP contribution in [0, 0.1) is 0 Å². The van der Waals surface area contributed by atoms with E-state index in [1.165, 1.54) is 0 Å². The molecule has 1 rings (SSSR count). The van der Waals surface area contributed by atoms with Crippen LogP contribution in [0.4, 0.5) is 0 Å². The largest absolute Gasteiger partial charge is 0.322 e. The lowest BCUT2D eigenvalue weighted by Gasteiger charge is -1.99. The minimum Gasteiger partial charge on any atom is -0.322 e. The topological polar surface area (TPSA) is 44.5 Å². The van der Waals surface area contributed by atoms with Crippen LogP contribution in [0.1, 0.15) is 0 Å². The summed E-state index contributed by atoms with van der Waals surface area (Å²) >= 11 is 0. The second-order valence-corrected chi connectivity index (χ2v) is 1.66. The molecule has 1 atom stereocenters. The summed E-state index contributed by atoms with van der Waals surface area (Å²) in [6.45, 7) is 0.962. The maximum atomic E-state index is 5.44. The molecule has 0 spiro atoms. The summed E-state index contributed by atoms with van der Waals surface area (Å²) in [6.07, 6.45) is 3.71. The minimum atomic E-state index is -0.00231. The van der Waals surface area contributed by atoms with Crippen molar-refractivity contribution in [1.29, 1.82) is 0 Å². The molecule has 0 aromatic rings. The fourth-order valence-corrected chi connectivity index (χ4v) is 0.500. The van der Waals surface area contributed by atoms with Gasteiger partial charge in [0.25, 0.3) is 0 Å². The van der Waals surface area contributed by atoms with Crippen LogP contribution < -0.4 is 5.73 Å². The van der Waals surface area contributed by atoms with Crippen LogP contribution in [0.3, 0.4) is 0 Å². The molecule has 3 nitrogen and oxygen atoms in total. The van der Waals surface area contributed by atoms with E-state index in [4.69, 9.17) is 5.73 Å². The van der Waals surface area contributed by atoms with Gasteiger partial charge in [-0.3, -0.25) is 0 Å². The van der Waals surface area contributed by atoms with Crippen LogP contribution in [-0.4, -0.2) is 19.3 Å². The van der Waals surface area contributed by atoms with Crippen LogP contribution in [0.15, 0.2) is 12.2 Å². The van der Waals surface area contributed by atoms with Crippen molar-refractivity contribution in [2.24, 2.45) is 5.73 Å². The van der Waals surface area contributed by atoms with Gasteiger partial charge in [0, 0.05) is 6.04 Å². The molecule has 0 aromatic heterocycles. The first-order valence-electron chi connectivity index (χ1n) is 2.56. The van der Waals surface area contributed by atoms with E-state index in [0.717, 1.165) is 0 Å². The molecule has 0 bridgehead atoms. The first-order chi connectivity index (χ1) is 3.89. The molecule has 2 N–H and O–H groups in total. The predicted octanol–water partition coefficient (Wildman–Crippen LogP) is -0.168. The summed E-state index contributed by atoms with van der Waals surface area (Å²) in [5.41, 5.74) is 5.44. The molecule has 1 heterocycles. The molecule has 0 aromatic carbocycles. The molecule has 0 radical (unpaired) electrons. The zero-order valence-corrected chi connectivity index (χ0v) is 4.54. The van der Waals surface area contributed by atoms with E-state index >= 15 is 0 Å². The van der Waals surface area contributed by atoms with Gasteiger partial charge in [0.15, 0.2) is 0 Å². The molecule has 46 valence electrons. The Balaban J connectivity index is 2.33. The van der Waals surface area contributed by atoms with E-state index in [-0.39, 0.29) is 6.04 Å². The third-order valence-corrected chi connectivity index (χ3v) is 0.891. The molecule has 0 saturated carbocycles. The molecule has 8 heavy (non-hydrogen) atoms. The van der Waals surface area contributed by atoms with Crippen LogP contribution in [0.2, 0.25) is 0 Å². The lowest BCUT2D eigenvalue weighted by Crippen LogP contribution is -2.21. The zero-order valence-electron chi connectivity index (χ0n) is 4.54. The van der Waals surface area contributed by atoms with Gasteiger partial charge < -0.3 is 5.73 Å². The van der Waals surface area contributed by atoms with E-state index in [9.17, 15) is 0 Å². The lowest BCUT2D eigenvalue weighted by molar-refractivity contribution is -0.284. The molecule has 3 heteroatoms. The number of rotatable bonds is 0. The molecule has 1 unspecified atom stereocenters. The predicted molar refractivity (Wildman–Crippen MR) is 29.0 cm³/mol. The SMILES string of the molecule is NC1C=CCOOC1. The van der Waals surface area contributed by atoms with Gasteiger partial charge >= 0.3 is 0 Å². The van der Waals surface area contributed by atoms with Gasteiger partial charge in [0.05, 0.1) is 0 Å². The Bertz CT molecular complexity index is 92.4. The molecule has 1 aliphatic heterocycles. The first kappa shape index (κ1) is 5.75. The van der Waals surface area contributed by atoms with E-state index in [1.807, 2.05) is 12.2 Å². The third kappa shape index (κ3) is 1.61. The van der Waals surface area contributed by atoms with Crippen LogP contribution in [0.5, 0.6) is 0 Å². The molecular formula is C5H9NO2. The number of hydrogen-bond acceptors (Lipinski definition) is 3. The summed E-state index contributed by atoms with van der Waals surface area (Å²) in [5.74, 6) is 0. The van der Waals surface area contributed by atoms with E-state index < -0.39 is 0 Å². The zero-order chi connectivity index (χ0) is 5.82. The van der Waals surface area contributed by atoms with E-state index in [0.29, 0.717) is 13.2 Å². The van der Waals surface area contributed by atoms with Crippen LogP contribution in [0.25, 0.3) is 0 Å². The third-order valence-electron chi connectivity index (χ3n) is 0.891. The number of hydrogen-bond donors (Lipinski definition) is 1. The lowest BCUT2D eigenvalue weighted by atomic mass is 10.3. The van der Waals surface area contributed by atoms with Gasteiger partial charge in [-0.05, 0) is 0 Å². The van der Waals surface area contributed by atoms with Crippen molar-refractivity contribution in [1.82, 2.24) is 0 Å². The Morgan fingerprint density at radius 2 is 2.38 bits per heavy atom. The molecule has 0 amide bonds. The summed E-state index contributed by atoms with van der Waals surface area (Å²) in [5, 5.41) is 0.